The molecule has 0 atom stereocenters. The molecule has 1 nitrogen and oxygen atoms in total. The predicted octanol–water partition coefficient (Wildman–Crippen LogP) is 0.828. The zero-order chi connectivity index (χ0) is 5.98. The second kappa shape index (κ2) is 2.27. The van der Waals surface area contributed by atoms with Crippen molar-refractivity contribution in [2.75, 3.05) is 26.8 Å². The Bertz CT molecular complexity index is 109. The van der Waals surface area contributed by atoms with E-state index in [1.165, 1.54) is 0 Å². The number of halogens is 1. The lowest BCUT2D eigenvalue weighted by Gasteiger charge is -2.04. The van der Waals surface area contributed by atoms with Crippen molar-refractivity contribution in [3.63, 3.8) is 0 Å². The van der Waals surface area contributed by atoms with Gasteiger partial charge in [-0.05, 0) is 12.6 Å². The van der Waals surface area contributed by atoms with E-state index in [1.807, 2.05) is 13.1 Å². The van der Waals surface area contributed by atoms with Gasteiger partial charge in [0.25, 0.3) is 0 Å². The molecule has 0 saturated heterocycles. The number of alkyl halides is 1. The van der Waals surface area contributed by atoms with Crippen LogP contribution in [0.4, 0.5) is 4.39 Å². The number of rotatable bonds is 1. The first kappa shape index (κ1) is 5.76. The monoisotopic (exact) mass is 115 g/mol. The van der Waals surface area contributed by atoms with Crippen molar-refractivity contribution in [3.05, 3.63) is 11.6 Å². The summed E-state index contributed by atoms with van der Waals surface area (Å²) in [6, 6.07) is 0. The van der Waals surface area contributed by atoms with Gasteiger partial charge in [0.2, 0.25) is 0 Å². The summed E-state index contributed by atoms with van der Waals surface area (Å²) in [5.41, 5.74) is 0.924. The zero-order valence-electron chi connectivity index (χ0n) is 5.02. The maximum atomic E-state index is 11.8. The van der Waals surface area contributed by atoms with Gasteiger partial charge < -0.3 is 0 Å². The Hall–Kier alpha value is -0.370. The van der Waals surface area contributed by atoms with Crippen molar-refractivity contribution in [2.45, 2.75) is 0 Å². The molecule has 0 unspecified atom stereocenters. The molecule has 1 aliphatic rings. The van der Waals surface area contributed by atoms with Crippen LogP contribution in [0.15, 0.2) is 11.6 Å². The predicted molar refractivity (Wildman–Crippen MR) is 31.6 cm³/mol. The van der Waals surface area contributed by atoms with Crippen molar-refractivity contribution in [1.29, 1.82) is 0 Å². The summed E-state index contributed by atoms with van der Waals surface area (Å²) in [5.74, 6) is 0. The van der Waals surface area contributed by atoms with Crippen LogP contribution in [-0.2, 0) is 0 Å². The molecule has 46 valence electrons. The highest BCUT2D eigenvalue weighted by Gasteiger charge is 2.07. The minimum Gasteiger partial charge on any atom is -0.299 e. The first-order chi connectivity index (χ1) is 3.83. The van der Waals surface area contributed by atoms with Crippen molar-refractivity contribution >= 4 is 0 Å². The lowest BCUT2D eigenvalue weighted by atomic mass is 10.3. The minimum atomic E-state index is -0.273. The van der Waals surface area contributed by atoms with Crippen LogP contribution in [-0.4, -0.2) is 31.7 Å². The van der Waals surface area contributed by atoms with Crippen LogP contribution in [0.25, 0.3) is 0 Å². The zero-order valence-corrected chi connectivity index (χ0v) is 5.02. The first-order valence-electron chi connectivity index (χ1n) is 2.75. The van der Waals surface area contributed by atoms with Gasteiger partial charge in [0.1, 0.15) is 6.67 Å². The van der Waals surface area contributed by atoms with E-state index >= 15 is 0 Å². The minimum absolute atomic E-state index is 0.273. The SMILES string of the molecule is CN1CC=C(CF)C1. The quantitative estimate of drug-likeness (QED) is 0.457. The van der Waals surface area contributed by atoms with Crippen LogP contribution in [0.1, 0.15) is 0 Å². The summed E-state index contributed by atoms with van der Waals surface area (Å²) in [6.45, 7) is 1.46. The fourth-order valence-electron chi connectivity index (χ4n) is 0.858. The van der Waals surface area contributed by atoms with Crippen LogP contribution in [0.2, 0.25) is 0 Å². The van der Waals surface area contributed by atoms with Crippen molar-refractivity contribution in [3.8, 4) is 0 Å². The average Bonchev–Trinajstić information content (AvgIpc) is 2.14. The Labute approximate surface area is 48.8 Å². The maximum absolute atomic E-state index is 11.8. The van der Waals surface area contributed by atoms with Gasteiger partial charge in [0.05, 0.1) is 0 Å². The first-order valence-corrected chi connectivity index (χ1v) is 2.75. The summed E-state index contributed by atoms with van der Waals surface area (Å²) >= 11 is 0. The van der Waals surface area contributed by atoms with E-state index in [4.69, 9.17) is 0 Å². The summed E-state index contributed by atoms with van der Waals surface area (Å²) < 4.78 is 11.8. The van der Waals surface area contributed by atoms with Gasteiger partial charge in [-0.2, -0.15) is 0 Å². The number of hydrogen-bond acceptors (Lipinski definition) is 1. The second-order valence-corrected chi connectivity index (χ2v) is 2.19. The highest BCUT2D eigenvalue weighted by molar-refractivity contribution is 5.10. The Morgan fingerprint density at radius 3 is 2.88 bits per heavy atom. The second-order valence-electron chi connectivity index (χ2n) is 2.19. The Morgan fingerprint density at radius 1 is 1.88 bits per heavy atom. The van der Waals surface area contributed by atoms with Gasteiger partial charge in [0, 0.05) is 13.1 Å². The molecular formula is C6H10FN. The van der Waals surface area contributed by atoms with Crippen molar-refractivity contribution < 1.29 is 4.39 Å². The molecule has 0 amide bonds. The van der Waals surface area contributed by atoms with E-state index in [0.29, 0.717) is 0 Å². The summed E-state index contributed by atoms with van der Waals surface area (Å²) in [5, 5.41) is 0. The molecule has 0 aromatic rings. The Kier molecular flexibility index (Phi) is 1.63. The van der Waals surface area contributed by atoms with Crippen molar-refractivity contribution in [1.82, 2.24) is 4.90 Å². The number of hydrogen-bond donors (Lipinski definition) is 0. The smallest absolute Gasteiger partial charge is 0.112 e. The van der Waals surface area contributed by atoms with Gasteiger partial charge in [-0.25, -0.2) is 4.39 Å². The Balaban J connectivity index is 2.37. The standard InChI is InChI=1S/C6H10FN/c1-8-3-2-6(4-7)5-8/h2H,3-5H2,1H3. The molecule has 0 aliphatic carbocycles. The van der Waals surface area contributed by atoms with Crippen LogP contribution in [0, 0.1) is 0 Å². The fraction of sp³-hybridized carbons (Fsp3) is 0.667. The maximum Gasteiger partial charge on any atom is 0.112 e. The molecule has 2 heteroatoms. The van der Waals surface area contributed by atoms with Crippen LogP contribution >= 0.6 is 0 Å². The molecule has 0 N–H and O–H groups in total. The molecule has 0 saturated carbocycles. The van der Waals surface area contributed by atoms with E-state index in [-0.39, 0.29) is 6.67 Å². The van der Waals surface area contributed by atoms with Gasteiger partial charge in [-0.1, -0.05) is 6.08 Å². The topological polar surface area (TPSA) is 3.24 Å². The van der Waals surface area contributed by atoms with Gasteiger partial charge in [0.15, 0.2) is 0 Å². The third-order valence-corrected chi connectivity index (χ3v) is 1.34. The molecule has 0 radical (unpaired) electrons. The number of likely N-dealkylation sites (N-methyl/N-ethyl adjacent to an activating group) is 1. The molecule has 1 aliphatic heterocycles. The lowest BCUT2D eigenvalue weighted by Crippen LogP contribution is -2.14. The molecule has 1 rings (SSSR count). The normalized spacial score (nSPS) is 21.5. The number of nitrogens with zero attached hydrogens (tertiary/aromatic N) is 1. The highest BCUT2D eigenvalue weighted by atomic mass is 19.1. The summed E-state index contributed by atoms with van der Waals surface area (Å²) in [6.07, 6.45) is 1.94. The molecule has 0 fully saturated rings. The molecular weight excluding hydrogens is 105 g/mol. The van der Waals surface area contributed by atoms with Crippen LogP contribution < -0.4 is 0 Å². The highest BCUT2D eigenvalue weighted by Crippen LogP contribution is 2.05. The van der Waals surface area contributed by atoms with Crippen LogP contribution in [0.5, 0.6) is 0 Å². The third kappa shape index (κ3) is 1.07. The van der Waals surface area contributed by atoms with Gasteiger partial charge in [-0.15, -0.1) is 0 Å². The van der Waals surface area contributed by atoms with E-state index < -0.39 is 0 Å². The van der Waals surface area contributed by atoms with Crippen molar-refractivity contribution in [2.24, 2.45) is 0 Å². The van der Waals surface area contributed by atoms with Gasteiger partial charge >= 0.3 is 0 Å². The average molecular weight is 115 g/mol. The molecule has 0 spiro atoms. The largest absolute Gasteiger partial charge is 0.299 e. The molecule has 1 heterocycles. The Morgan fingerprint density at radius 2 is 2.62 bits per heavy atom. The molecule has 8 heavy (non-hydrogen) atoms. The molecule has 0 aromatic carbocycles. The molecule has 0 bridgehead atoms. The lowest BCUT2D eigenvalue weighted by molar-refractivity contribution is 0.416. The summed E-state index contributed by atoms with van der Waals surface area (Å²) in [7, 11) is 1.99. The fourth-order valence-corrected chi connectivity index (χ4v) is 0.858. The molecule has 0 aromatic heterocycles. The van der Waals surface area contributed by atoms with E-state index in [1.54, 1.807) is 0 Å². The summed E-state index contributed by atoms with van der Waals surface area (Å²) in [4.78, 5) is 2.08. The third-order valence-electron chi connectivity index (χ3n) is 1.34. The van der Waals surface area contributed by atoms with Gasteiger partial charge in [-0.3, -0.25) is 4.90 Å². The van der Waals surface area contributed by atoms with E-state index in [0.717, 1.165) is 18.7 Å². The van der Waals surface area contributed by atoms with Crippen LogP contribution in [0.3, 0.4) is 0 Å². The van der Waals surface area contributed by atoms with E-state index in [9.17, 15) is 4.39 Å². The van der Waals surface area contributed by atoms with E-state index in [2.05, 4.69) is 4.90 Å².